The van der Waals surface area contributed by atoms with Gasteiger partial charge in [0.1, 0.15) is 11.6 Å². The van der Waals surface area contributed by atoms with Gasteiger partial charge in [0.05, 0.1) is 12.3 Å². The number of carbonyl (C=O) groups is 2. The highest BCUT2D eigenvalue weighted by Gasteiger charge is 2.37. The normalized spacial score (nSPS) is 18.5. The van der Waals surface area contributed by atoms with Crippen molar-refractivity contribution >= 4 is 23.2 Å². The van der Waals surface area contributed by atoms with Crippen molar-refractivity contribution in [1.29, 1.82) is 0 Å². The van der Waals surface area contributed by atoms with Gasteiger partial charge in [-0.05, 0) is 99.4 Å². The molecular formula is C32H33FN2O3. The fraction of sp³-hybridized carbons (Fsp3) is 0.312. The van der Waals surface area contributed by atoms with Crippen LogP contribution in [0.15, 0.2) is 72.3 Å². The summed E-state index contributed by atoms with van der Waals surface area (Å²) in [7, 11) is 0. The van der Waals surface area contributed by atoms with E-state index in [2.05, 4.69) is 24.4 Å². The van der Waals surface area contributed by atoms with E-state index < -0.39 is 11.7 Å². The second-order valence-corrected chi connectivity index (χ2v) is 10.4. The van der Waals surface area contributed by atoms with Crippen molar-refractivity contribution in [2.24, 2.45) is 5.41 Å². The van der Waals surface area contributed by atoms with Gasteiger partial charge < -0.3 is 15.0 Å². The number of hydrogen-bond acceptors (Lipinski definition) is 3. The number of fused-ring (bicyclic) bond motifs is 1. The van der Waals surface area contributed by atoms with Crippen LogP contribution in [0.25, 0.3) is 0 Å². The number of nitrogens with one attached hydrogen (secondary N) is 1. The topological polar surface area (TPSA) is 58.6 Å². The van der Waals surface area contributed by atoms with Crippen molar-refractivity contribution in [3.05, 3.63) is 100 Å². The van der Waals surface area contributed by atoms with Crippen LogP contribution in [0.3, 0.4) is 0 Å². The number of anilines is 2. The van der Waals surface area contributed by atoms with E-state index in [0.29, 0.717) is 35.7 Å². The summed E-state index contributed by atoms with van der Waals surface area (Å²) in [5.41, 5.74) is 5.48. The van der Waals surface area contributed by atoms with Crippen LogP contribution in [0.2, 0.25) is 0 Å². The molecule has 196 valence electrons. The maximum atomic E-state index is 13.9. The van der Waals surface area contributed by atoms with Gasteiger partial charge in [-0.1, -0.05) is 35.9 Å². The lowest BCUT2D eigenvalue weighted by Gasteiger charge is -2.26. The quantitative estimate of drug-likeness (QED) is 0.371. The van der Waals surface area contributed by atoms with Crippen molar-refractivity contribution in [2.45, 2.75) is 46.5 Å². The van der Waals surface area contributed by atoms with E-state index in [1.807, 2.05) is 30.0 Å². The van der Waals surface area contributed by atoms with Gasteiger partial charge in [0.15, 0.2) is 0 Å². The summed E-state index contributed by atoms with van der Waals surface area (Å²) in [6.45, 7) is 6.78. The molecule has 1 spiro atoms. The van der Waals surface area contributed by atoms with Crippen LogP contribution in [0.1, 0.15) is 65.0 Å². The van der Waals surface area contributed by atoms with E-state index in [4.69, 9.17) is 4.74 Å². The third kappa shape index (κ3) is 5.08. The monoisotopic (exact) mass is 512 g/mol. The molecule has 0 unspecified atom stereocenters. The number of carbonyl (C=O) groups excluding carboxylic acids is 2. The van der Waals surface area contributed by atoms with Crippen molar-refractivity contribution in [2.75, 3.05) is 23.4 Å². The number of nitrogens with zero attached hydrogens (tertiary/aromatic N) is 1. The van der Waals surface area contributed by atoms with Gasteiger partial charge in [-0.2, -0.15) is 0 Å². The number of rotatable bonds is 5. The average molecular weight is 513 g/mol. The molecule has 1 aliphatic heterocycles. The molecule has 2 amide bonds. The molecule has 38 heavy (non-hydrogen) atoms. The molecule has 1 heterocycles. The first-order valence-electron chi connectivity index (χ1n) is 13.2. The van der Waals surface area contributed by atoms with E-state index in [1.54, 1.807) is 31.2 Å². The highest BCUT2D eigenvalue weighted by atomic mass is 19.1. The van der Waals surface area contributed by atoms with E-state index in [-0.39, 0.29) is 16.9 Å². The van der Waals surface area contributed by atoms with E-state index >= 15 is 0 Å². The Morgan fingerprint density at radius 3 is 2.63 bits per heavy atom. The molecule has 1 atom stereocenters. The highest BCUT2D eigenvalue weighted by Crippen LogP contribution is 2.46. The lowest BCUT2D eigenvalue weighted by Crippen LogP contribution is -2.33. The molecule has 0 saturated heterocycles. The first-order chi connectivity index (χ1) is 18.3. The molecule has 5 nitrogen and oxygen atoms in total. The van der Waals surface area contributed by atoms with Gasteiger partial charge in [0.25, 0.3) is 11.8 Å². The summed E-state index contributed by atoms with van der Waals surface area (Å²) in [4.78, 5) is 28.7. The molecule has 3 aromatic carbocycles. The van der Waals surface area contributed by atoms with Gasteiger partial charge in [-0.25, -0.2) is 4.39 Å². The summed E-state index contributed by atoms with van der Waals surface area (Å²) in [6.07, 6.45) is 6.48. The summed E-state index contributed by atoms with van der Waals surface area (Å²) in [6, 6.07) is 17.4. The molecule has 5 rings (SSSR count). The molecule has 3 aromatic rings. The van der Waals surface area contributed by atoms with Crippen LogP contribution < -0.4 is 15.0 Å². The van der Waals surface area contributed by atoms with Crippen molar-refractivity contribution in [3.63, 3.8) is 0 Å². The van der Waals surface area contributed by atoms with Crippen LogP contribution >= 0.6 is 0 Å². The Labute approximate surface area is 223 Å². The van der Waals surface area contributed by atoms with Gasteiger partial charge >= 0.3 is 0 Å². The maximum Gasteiger partial charge on any atom is 0.258 e. The van der Waals surface area contributed by atoms with Gasteiger partial charge in [-0.3, -0.25) is 9.59 Å². The highest BCUT2D eigenvalue weighted by molar-refractivity contribution is 6.09. The SMILES string of the molecule is CCOc1cc(C(=O)N2CC[C@]3(C=C(C)CC3)Cc3ccccc32)ccc1NC(=O)c1cc(F)ccc1C. The minimum absolute atomic E-state index is 0.0921. The van der Waals surface area contributed by atoms with Gasteiger partial charge in [0.2, 0.25) is 0 Å². The van der Waals surface area contributed by atoms with E-state index in [1.165, 1.54) is 23.3 Å². The molecule has 0 aromatic heterocycles. The smallest absolute Gasteiger partial charge is 0.258 e. The number of ether oxygens (including phenoxy) is 1. The molecular weight excluding hydrogens is 479 g/mol. The van der Waals surface area contributed by atoms with Crippen molar-refractivity contribution in [1.82, 2.24) is 0 Å². The zero-order chi connectivity index (χ0) is 26.9. The largest absolute Gasteiger partial charge is 0.492 e. The minimum atomic E-state index is -0.477. The third-order valence-electron chi connectivity index (χ3n) is 7.69. The third-order valence-corrected chi connectivity index (χ3v) is 7.69. The standard InChI is InChI=1S/C32H33FN2O3/c1-4-38-29-17-23(10-12-27(29)34-30(36)26-18-25(33)11-9-22(26)3)31(37)35-16-15-32(14-13-21(2)19-32)20-24-7-5-6-8-28(24)35/h5-12,17-19H,4,13-16,20H2,1-3H3,(H,34,36)/t32-/m1/s1. The lowest BCUT2D eigenvalue weighted by atomic mass is 9.79. The molecule has 1 aliphatic carbocycles. The number of halogens is 1. The number of benzene rings is 3. The molecule has 0 bridgehead atoms. The molecule has 0 saturated carbocycles. The number of amides is 2. The first-order valence-corrected chi connectivity index (χ1v) is 13.2. The van der Waals surface area contributed by atoms with Crippen LogP contribution in [0, 0.1) is 18.2 Å². The fourth-order valence-corrected chi connectivity index (χ4v) is 5.72. The molecule has 2 aliphatic rings. The van der Waals surface area contributed by atoms with Gasteiger partial charge in [-0.15, -0.1) is 0 Å². The summed E-state index contributed by atoms with van der Waals surface area (Å²) in [5.74, 6) is -0.620. The number of para-hydroxylation sites is 1. The molecule has 6 heteroatoms. The van der Waals surface area contributed by atoms with E-state index in [9.17, 15) is 14.0 Å². The Balaban J connectivity index is 1.44. The summed E-state index contributed by atoms with van der Waals surface area (Å²) in [5, 5.41) is 2.83. The summed E-state index contributed by atoms with van der Waals surface area (Å²) >= 11 is 0. The van der Waals surface area contributed by atoms with Crippen LogP contribution in [-0.2, 0) is 6.42 Å². The molecule has 1 N–H and O–H groups in total. The predicted molar refractivity (Wildman–Crippen MR) is 149 cm³/mol. The van der Waals surface area contributed by atoms with E-state index in [0.717, 1.165) is 31.4 Å². The fourth-order valence-electron chi connectivity index (χ4n) is 5.72. The van der Waals surface area contributed by atoms with Crippen molar-refractivity contribution < 1.29 is 18.7 Å². The second-order valence-electron chi connectivity index (χ2n) is 10.4. The van der Waals surface area contributed by atoms with Gasteiger partial charge in [0, 0.05) is 23.4 Å². The Morgan fingerprint density at radius 2 is 1.87 bits per heavy atom. The summed E-state index contributed by atoms with van der Waals surface area (Å²) < 4.78 is 19.6. The number of hydrogen-bond donors (Lipinski definition) is 1. The van der Waals surface area contributed by atoms with Crippen LogP contribution in [0.5, 0.6) is 5.75 Å². The maximum absolute atomic E-state index is 13.9. The van der Waals surface area contributed by atoms with Crippen LogP contribution in [-0.4, -0.2) is 25.0 Å². The zero-order valence-electron chi connectivity index (χ0n) is 22.1. The number of allylic oxidation sites excluding steroid dienone is 2. The number of aryl methyl sites for hydroxylation is 1. The Morgan fingerprint density at radius 1 is 1.05 bits per heavy atom. The average Bonchev–Trinajstić information content (AvgIpc) is 3.18. The van der Waals surface area contributed by atoms with Crippen LogP contribution in [0.4, 0.5) is 15.8 Å². The Bertz CT molecular complexity index is 1430. The Kier molecular flexibility index (Phi) is 7.06. The molecule has 0 radical (unpaired) electrons. The minimum Gasteiger partial charge on any atom is -0.492 e. The molecule has 0 fully saturated rings. The zero-order valence-corrected chi connectivity index (χ0v) is 22.1. The van der Waals surface area contributed by atoms with Crippen molar-refractivity contribution in [3.8, 4) is 5.75 Å². The second kappa shape index (κ2) is 10.4. The predicted octanol–water partition coefficient (Wildman–Crippen LogP) is 7.10. The Hall–Kier alpha value is -3.93. The lowest BCUT2D eigenvalue weighted by molar-refractivity contribution is 0.0983. The first kappa shape index (κ1) is 25.7.